The Labute approximate surface area is 89.2 Å². The third-order valence-corrected chi connectivity index (χ3v) is 3.01. The fourth-order valence-corrected chi connectivity index (χ4v) is 2.14. The lowest BCUT2D eigenvalue weighted by Crippen LogP contribution is -2.35. The van der Waals surface area contributed by atoms with Gasteiger partial charge in [0.05, 0.1) is 0 Å². The highest BCUT2D eigenvalue weighted by Gasteiger charge is 2.38. The van der Waals surface area contributed by atoms with Crippen LogP contribution in [0.15, 0.2) is 42.5 Å². The van der Waals surface area contributed by atoms with Crippen LogP contribution in [-0.4, -0.2) is 11.1 Å². The third-order valence-electron chi connectivity index (χ3n) is 3.01. The number of carbonyl (C=O) groups is 1. The van der Waals surface area contributed by atoms with Crippen LogP contribution in [0.2, 0.25) is 0 Å². The first-order valence-corrected chi connectivity index (χ1v) is 5.22. The average molecular weight is 202 g/mol. The molecule has 1 aromatic rings. The molecule has 15 heavy (non-hydrogen) atoms. The minimum atomic E-state index is -0.792. The van der Waals surface area contributed by atoms with Gasteiger partial charge in [0.1, 0.15) is 5.41 Å². The predicted octanol–water partition coefficient (Wildman–Crippen LogP) is 2.75. The highest BCUT2D eigenvalue weighted by Crippen LogP contribution is 2.35. The van der Waals surface area contributed by atoms with Crippen molar-refractivity contribution in [1.29, 1.82) is 0 Å². The minimum Gasteiger partial charge on any atom is -0.480 e. The van der Waals surface area contributed by atoms with E-state index >= 15 is 0 Å². The van der Waals surface area contributed by atoms with Crippen molar-refractivity contribution in [2.75, 3.05) is 0 Å². The van der Waals surface area contributed by atoms with Gasteiger partial charge in [0.25, 0.3) is 0 Å². The van der Waals surface area contributed by atoms with Crippen LogP contribution in [0.3, 0.4) is 0 Å². The Kier molecular flexibility index (Phi) is 2.58. The molecule has 0 saturated heterocycles. The van der Waals surface area contributed by atoms with Crippen LogP contribution in [0, 0.1) is 0 Å². The van der Waals surface area contributed by atoms with E-state index in [1.165, 1.54) is 0 Å². The fraction of sp³-hybridized carbons (Fsp3) is 0.308. The van der Waals surface area contributed by atoms with Crippen molar-refractivity contribution < 1.29 is 9.90 Å². The topological polar surface area (TPSA) is 37.3 Å². The molecule has 2 nitrogen and oxygen atoms in total. The van der Waals surface area contributed by atoms with E-state index in [-0.39, 0.29) is 0 Å². The molecule has 1 unspecified atom stereocenters. The number of hydrogen-bond acceptors (Lipinski definition) is 1. The Balaban J connectivity index is 2.48. The summed E-state index contributed by atoms with van der Waals surface area (Å²) >= 11 is 0. The summed E-state index contributed by atoms with van der Waals surface area (Å²) in [6, 6.07) is 9.48. The van der Waals surface area contributed by atoms with E-state index in [0.29, 0.717) is 6.42 Å². The SMILES string of the molecule is O=C(O)C1(c2ccccc2)C=CCCC1. The van der Waals surface area contributed by atoms with Gasteiger partial charge in [-0.1, -0.05) is 42.5 Å². The first-order valence-electron chi connectivity index (χ1n) is 5.22. The zero-order chi connectivity index (χ0) is 10.7. The molecule has 1 aromatic carbocycles. The summed E-state index contributed by atoms with van der Waals surface area (Å²) in [4.78, 5) is 11.4. The molecule has 0 amide bonds. The Morgan fingerprint density at radius 1 is 1.27 bits per heavy atom. The lowest BCUT2D eigenvalue weighted by molar-refractivity contribution is -0.142. The summed E-state index contributed by atoms with van der Waals surface area (Å²) in [5.74, 6) is -0.746. The van der Waals surface area contributed by atoms with Gasteiger partial charge in [0.2, 0.25) is 0 Å². The molecule has 0 spiro atoms. The number of carboxylic acid groups (broad SMARTS) is 1. The third kappa shape index (κ3) is 1.67. The van der Waals surface area contributed by atoms with Gasteiger partial charge in [0.15, 0.2) is 0 Å². The maximum absolute atomic E-state index is 11.4. The van der Waals surface area contributed by atoms with Gasteiger partial charge < -0.3 is 5.11 Å². The van der Waals surface area contributed by atoms with Crippen molar-refractivity contribution in [2.24, 2.45) is 0 Å². The molecule has 1 atom stereocenters. The van der Waals surface area contributed by atoms with Gasteiger partial charge in [-0.05, 0) is 24.8 Å². The minimum absolute atomic E-state index is 0.697. The molecule has 0 bridgehead atoms. The summed E-state index contributed by atoms with van der Waals surface area (Å²) in [5.41, 5.74) is 0.0907. The summed E-state index contributed by atoms with van der Waals surface area (Å²) in [6.45, 7) is 0. The molecule has 0 aliphatic heterocycles. The lowest BCUT2D eigenvalue weighted by Gasteiger charge is -2.29. The van der Waals surface area contributed by atoms with E-state index in [9.17, 15) is 9.90 Å². The average Bonchev–Trinajstić information content (AvgIpc) is 2.31. The van der Waals surface area contributed by atoms with E-state index in [4.69, 9.17) is 0 Å². The second-order valence-electron chi connectivity index (χ2n) is 3.94. The molecular formula is C13H14O2. The molecule has 0 aromatic heterocycles. The van der Waals surface area contributed by atoms with Gasteiger partial charge in [-0.15, -0.1) is 0 Å². The van der Waals surface area contributed by atoms with Crippen molar-refractivity contribution in [3.05, 3.63) is 48.0 Å². The van der Waals surface area contributed by atoms with Crippen molar-refractivity contribution in [2.45, 2.75) is 24.7 Å². The second kappa shape index (κ2) is 3.89. The first-order chi connectivity index (χ1) is 7.26. The number of benzene rings is 1. The smallest absolute Gasteiger partial charge is 0.318 e. The molecule has 1 N–H and O–H groups in total. The van der Waals surface area contributed by atoms with Crippen LogP contribution in [-0.2, 0) is 10.2 Å². The van der Waals surface area contributed by atoms with Crippen molar-refractivity contribution >= 4 is 5.97 Å². The van der Waals surface area contributed by atoms with Crippen LogP contribution >= 0.6 is 0 Å². The number of aliphatic carboxylic acids is 1. The highest BCUT2D eigenvalue weighted by atomic mass is 16.4. The van der Waals surface area contributed by atoms with Crippen molar-refractivity contribution in [1.82, 2.24) is 0 Å². The zero-order valence-corrected chi connectivity index (χ0v) is 8.52. The summed E-state index contributed by atoms with van der Waals surface area (Å²) < 4.78 is 0. The Hall–Kier alpha value is -1.57. The van der Waals surface area contributed by atoms with E-state index < -0.39 is 11.4 Å². The molecule has 1 aliphatic carbocycles. The van der Waals surface area contributed by atoms with Gasteiger partial charge >= 0.3 is 5.97 Å². The maximum atomic E-state index is 11.4. The van der Waals surface area contributed by atoms with Gasteiger partial charge in [0, 0.05) is 0 Å². The van der Waals surface area contributed by atoms with E-state index in [2.05, 4.69) is 0 Å². The summed E-state index contributed by atoms with van der Waals surface area (Å²) in [6.07, 6.45) is 6.45. The maximum Gasteiger partial charge on any atom is 0.318 e. The molecular weight excluding hydrogens is 188 g/mol. The van der Waals surface area contributed by atoms with E-state index in [1.807, 2.05) is 42.5 Å². The predicted molar refractivity (Wildman–Crippen MR) is 58.7 cm³/mol. The van der Waals surface area contributed by atoms with Crippen LogP contribution in [0.4, 0.5) is 0 Å². The van der Waals surface area contributed by atoms with E-state index in [1.54, 1.807) is 0 Å². The van der Waals surface area contributed by atoms with E-state index in [0.717, 1.165) is 18.4 Å². The molecule has 2 heteroatoms. The lowest BCUT2D eigenvalue weighted by atomic mass is 9.73. The van der Waals surface area contributed by atoms with Gasteiger partial charge in [-0.2, -0.15) is 0 Å². The molecule has 0 fully saturated rings. The zero-order valence-electron chi connectivity index (χ0n) is 8.52. The quantitative estimate of drug-likeness (QED) is 0.749. The second-order valence-corrected chi connectivity index (χ2v) is 3.94. The van der Waals surface area contributed by atoms with Crippen molar-refractivity contribution in [3.63, 3.8) is 0 Å². The number of rotatable bonds is 2. The molecule has 0 heterocycles. The Morgan fingerprint density at radius 2 is 2.00 bits per heavy atom. The number of hydrogen-bond donors (Lipinski definition) is 1. The Bertz CT molecular complexity index is 381. The van der Waals surface area contributed by atoms with Gasteiger partial charge in [-0.3, -0.25) is 4.79 Å². The number of carboxylic acids is 1. The Morgan fingerprint density at radius 3 is 2.53 bits per heavy atom. The van der Waals surface area contributed by atoms with Crippen LogP contribution < -0.4 is 0 Å². The summed E-state index contributed by atoms with van der Waals surface area (Å²) in [5, 5.41) is 9.39. The normalized spacial score (nSPS) is 25.1. The molecule has 0 saturated carbocycles. The van der Waals surface area contributed by atoms with Crippen LogP contribution in [0.25, 0.3) is 0 Å². The largest absolute Gasteiger partial charge is 0.480 e. The first kappa shape index (κ1) is 9.97. The number of allylic oxidation sites excluding steroid dienone is 1. The molecule has 2 rings (SSSR count). The highest BCUT2D eigenvalue weighted by molar-refractivity contribution is 5.84. The van der Waals surface area contributed by atoms with Crippen LogP contribution in [0.1, 0.15) is 24.8 Å². The fourth-order valence-electron chi connectivity index (χ4n) is 2.14. The summed E-state index contributed by atoms with van der Waals surface area (Å²) in [7, 11) is 0. The molecule has 0 radical (unpaired) electrons. The van der Waals surface area contributed by atoms with Crippen LogP contribution in [0.5, 0.6) is 0 Å². The molecule has 78 valence electrons. The standard InChI is InChI=1S/C13H14O2/c14-12(15)13(9-5-2-6-10-13)11-7-3-1-4-8-11/h1,3-5,7-9H,2,6,10H2,(H,14,15). The van der Waals surface area contributed by atoms with Gasteiger partial charge in [-0.25, -0.2) is 0 Å². The molecule has 1 aliphatic rings. The monoisotopic (exact) mass is 202 g/mol. The van der Waals surface area contributed by atoms with Crippen molar-refractivity contribution in [3.8, 4) is 0 Å².